The molecule has 1 aromatic rings. The summed E-state index contributed by atoms with van der Waals surface area (Å²) in [6.07, 6.45) is 7.50. The second kappa shape index (κ2) is 5.22. The Morgan fingerprint density at radius 3 is 2.60 bits per heavy atom. The van der Waals surface area contributed by atoms with Crippen LogP contribution in [0, 0.1) is 12.3 Å². The maximum absolute atomic E-state index is 10.2. The molecule has 0 amide bonds. The summed E-state index contributed by atoms with van der Waals surface area (Å²) in [5.41, 5.74) is 2.61. The summed E-state index contributed by atoms with van der Waals surface area (Å²) in [6, 6.07) is 9.72. The molecule has 1 aromatic carbocycles. The highest BCUT2D eigenvalue weighted by Crippen LogP contribution is 2.18. The summed E-state index contributed by atoms with van der Waals surface area (Å²) in [7, 11) is 0. The summed E-state index contributed by atoms with van der Waals surface area (Å²) in [6.45, 7) is 3.46. The molecule has 1 nitrogen and oxygen atoms in total. The molecule has 0 aliphatic rings. The fourth-order valence-corrected chi connectivity index (χ4v) is 1.48. The molecule has 1 rings (SSSR count). The average Bonchev–Trinajstić information content (AvgIpc) is 2.19. The van der Waals surface area contributed by atoms with Crippen molar-refractivity contribution in [3.63, 3.8) is 0 Å². The fraction of sp³-hybridized carbons (Fsp3) is 0.214. The van der Waals surface area contributed by atoms with E-state index < -0.39 is 5.60 Å². The monoisotopic (exact) mass is 198 g/mol. The second-order valence-corrected chi connectivity index (χ2v) is 3.50. The minimum Gasteiger partial charge on any atom is -0.384 e. The van der Waals surface area contributed by atoms with Crippen molar-refractivity contribution in [2.75, 3.05) is 0 Å². The van der Waals surface area contributed by atoms with Gasteiger partial charge in [0, 0.05) is 12.8 Å². The van der Waals surface area contributed by atoms with Crippen LogP contribution in [0.25, 0.3) is 0 Å². The Kier molecular flexibility index (Phi) is 3.94. The molecule has 0 aliphatic heterocycles. The maximum atomic E-state index is 10.2. The van der Waals surface area contributed by atoms with Crippen LogP contribution in [0.2, 0.25) is 0 Å². The topological polar surface area (TPSA) is 20.2 Å². The summed E-state index contributed by atoms with van der Waals surface area (Å²) in [5, 5.41) is 10.2. The number of rotatable bonds is 4. The van der Waals surface area contributed by atoms with Gasteiger partial charge in [-0.15, -0.1) is 18.1 Å². The van der Waals surface area contributed by atoms with Gasteiger partial charge in [0.2, 0.25) is 0 Å². The lowest BCUT2D eigenvalue weighted by Crippen LogP contribution is -2.27. The van der Waals surface area contributed by atoms with Crippen molar-refractivity contribution in [3.05, 3.63) is 54.3 Å². The zero-order chi connectivity index (χ0) is 11.1. The molecule has 0 aliphatic carbocycles. The van der Waals surface area contributed by atoms with Crippen LogP contribution in [0.4, 0.5) is 0 Å². The first kappa shape index (κ1) is 11.3. The molecular formula is C14H14O. The Bertz CT molecular complexity index is 393. The quantitative estimate of drug-likeness (QED) is 0.581. The molecule has 0 aromatic heterocycles. The molecule has 1 atom stereocenters. The van der Waals surface area contributed by atoms with E-state index in [1.54, 1.807) is 0 Å². The Morgan fingerprint density at radius 2 is 2.07 bits per heavy atom. The van der Waals surface area contributed by atoms with E-state index in [0.29, 0.717) is 6.42 Å². The van der Waals surface area contributed by atoms with Gasteiger partial charge in [0.05, 0.1) is 0 Å². The van der Waals surface area contributed by atoms with E-state index in [-0.39, 0.29) is 6.42 Å². The molecule has 0 saturated heterocycles. The highest BCUT2D eigenvalue weighted by Gasteiger charge is 2.22. The van der Waals surface area contributed by atoms with Crippen LogP contribution in [0.1, 0.15) is 12.0 Å². The largest absolute Gasteiger partial charge is 0.384 e. The first-order chi connectivity index (χ1) is 7.20. The number of hydrogen-bond acceptors (Lipinski definition) is 1. The van der Waals surface area contributed by atoms with E-state index in [1.165, 1.54) is 6.08 Å². The molecule has 1 N–H and O–H groups in total. The summed E-state index contributed by atoms with van der Waals surface area (Å²) in [5.74, 6) is 2.46. The molecule has 0 bridgehead atoms. The Hall–Kier alpha value is -1.74. The van der Waals surface area contributed by atoms with Gasteiger partial charge < -0.3 is 5.11 Å². The predicted octanol–water partition coefficient (Wildman–Crippen LogP) is 2.32. The van der Waals surface area contributed by atoms with Gasteiger partial charge in [-0.05, 0) is 11.6 Å². The summed E-state index contributed by atoms with van der Waals surface area (Å²) >= 11 is 0. The fourth-order valence-electron chi connectivity index (χ4n) is 1.48. The van der Waals surface area contributed by atoms with Crippen molar-refractivity contribution in [3.8, 4) is 12.3 Å². The Balaban J connectivity index is 2.85. The minimum atomic E-state index is -1.03. The van der Waals surface area contributed by atoms with Crippen molar-refractivity contribution < 1.29 is 5.11 Å². The van der Waals surface area contributed by atoms with E-state index in [9.17, 15) is 5.11 Å². The van der Waals surface area contributed by atoms with Crippen LogP contribution in [0.5, 0.6) is 0 Å². The van der Waals surface area contributed by atoms with Crippen molar-refractivity contribution in [1.82, 2.24) is 0 Å². The highest BCUT2D eigenvalue weighted by molar-refractivity contribution is 5.20. The molecular weight excluding hydrogens is 184 g/mol. The zero-order valence-electron chi connectivity index (χ0n) is 8.61. The van der Waals surface area contributed by atoms with Crippen molar-refractivity contribution in [1.29, 1.82) is 0 Å². The van der Waals surface area contributed by atoms with Gasteiger partial charge in [-0.3, -0.25) is 0 Å². The van der Waals surface area contributed by atoms with E-state index in [4.69, 9.17) is 6.42 Å². The number of hydrogen-bond donors (Lipinski definition) is 1. The van der Waals surface area contributed by atoms with Crippen molar-refractivity contribution in [2.24, 2.45) is 0 Å². The third-order valence-corrected chi connectivity index (χ3v) is 2.13. The van der Waals surface area contributed by atoms with Crippen molar-refractivity contribution >= 4 is 0 Å². The standard InChI is InChI=1S/C14H14O/c1-3-10-14(15,11-4-2)12-13-8-6-5-7-9-13/h1,5-9,11,15H,2,10,12H2. The van der Waals surface area contributed by atoms with E-state index in [2.05, 4.69) is 18.2 Å². The number of benzene rings is 1. The van der Waals surface area contributed by atoms with Crippen LogP contribution < -0.4 is 0 Å². The molecule has 0 spiro atoms. The second-order valence-electron chi connectivity index (χ2n) is 3.50. The molecule has 0 radical (unpaired) electrons. The molecule has 0 fully saturated rings. The number of aliphatic hydroxyl groups is 1. The van der Waals surface area contributed by atoms with Crippen molar-refractivity contribution in [2.45, 2.75) is 18.4 Å². The lowest BCUT2D eigenvalue weighted by molar-refractivity contribution is 0.0972. The lowest BCUT2D eigenvalue weighted by Gasteiger charge is -2.21. The average molecular weight is 198 g/mol. The van der Waals surface area contributed by atoms with Gasteiger partial charge in [-0.1, -0.05) is 36.9 Å². The van der Waals surface area contributed by atoms with Crippen LogP contribution in [-0.4, -0.2) is 10.7 Å². The molecule has 0 saturated carbocycles. The molecule has 1 heteroatoms. The lowest BCUT2D eigenvalue weighted by atomic mass is 9.91. The van der Waals surface area contributed by atoms with Gasteiger partial charge in [-0.25, -0.2) is 0 Å². The minimum absolute atomic E-state index is 0.268. The van der Waals surface area contributed by atoms with Crippen LogP contribution in [0.15, 0.2) is 48.7 Å². The maximum Gasteiger partial charge on any atom is 0.105 e. The summed E-state index contributed by atoms with van der Waals surface area (Å²) < 4.78 is 0. The van der Waals surface area contributed by atoms with Gasteiger partial charge in [-0.2, -0.15) is 0 Å². The Labute approximate surface area is 90.8 Å². The predicted molar refractivity (Wildman–Crippen MR) is 62.3 cm³/mol. The third-order valence-electron chi connectivity index (χ3n) is 2.13. The number of terminal acetylenes is 1. The smallest absolute Gasteiger partial charge is 0.105 e. The third kappa shape index (κ3) is 3.48. The summed E-state index contributed by atoms with van der Waals surface area (Å²) in [4.78, 5) is 0. The SMILES string of the molecule is C#CCC(O)(C=C=C)Cc1ccccc1. The van der Waals surface area contributed by atoms with Gasteiger partial charge >= 0.3 is 0 Å². The Morgan fingerprint density at radius 1 is 1.40 bits per heavy atom. The molecule has 76 valence electrons. The highest BCUT2D eigenvalue weighted by atomic mass is 16.3. The van der Waals surface area contributed by atoms with E-state index in [1.807, 2.05) is 30.3 Å². The first-order valence-corrected chi connectivity index (χ1v) is 4.77. The van der Waals surface area contributed by atoms with Gasteiger partial charge in [0.15, 0.2) is 0 Å². The van der Waals surface area contributed by atoms with E-state index in [0.717, 1.165) is 5.56 Å². The molecule has 0 heterocycles. The zero-order valence-corrected chi connectivity index (χ0v) is 8.61. The van der Waals surface area contributed by atoms with Gasteiger partial charge in [0.25, 0.3) is 0 Å². The van der Waals surface area contributed by atoms with Crippen LogP contribution in [-0.2, 0) is 6.42 Å². The molecule has 1 unspecified atom stereocenters. The van der Waals surface area contributed by atoms with E-state index >= 15 is 0 Å². The normalized spacial score (nSPS) is 13.3. The first-order valence-electron chi connectivity index (χ1n) is 4.77. The van der Waals surface area contributed by atoms with Crippen LogP contribution in [0.3, 0.4) is 0 Å². The van der Waals surface area contributed by atoms with Crippen LogP contribution >= 0.6 is 0 Å². The van der Waals surface area contributed by atoms with Gasteiger partial charge in [0.1, 0.15) is 5.60 Å². The molecule has 15 heavy (non-hydrogen) atoms.